The molecule has 0 rings (SSSR count). The molecule has 0 fully saturated rings. The molecular weight excluding hydrogens is 542 g/mol. The minimum Gasteiger partial charge on any atom is -2.00 e. The summed E-state index contributed by atoms with van der Waals surface area (Å²) in [5.41, 5.74) is 0. The van der Waals surface area contributed by atoms with Crippen LogP contribution in [0.1, 0.15) is 0 Å². The average molecular weight is 542 g/mol. The second-order valence-electron chi connectivity index (χ2n) is 0. The van der Waals surface area contributed by atoms with E-state index in [1.807, 2.05) is 0 Å². The van der Waals surface area contributed by atoms with E-state index in [0.717, 1.165) is 0 Å². The van der Waals surface area contributed by atoms with Gasteiger partial charge in [-0.2, -0.15) is 0 Å². The molecule has 0 aromatic rings. The largest absolute Gasteiger partial charge is 3.00 e. The van der Waals surface area contributed by atoms with Gasteiger partial charge in [0.2, 0.25) is 0 Å². The van der Waals surface area contributed by atoms with Crippen molar-refractivity contribution in [2.75, 3.05) is 0 Å². The van der Waals surface area contributed by atoms with Crippen molar-refractivity contribution in [2.24, 2.45) is 0 Å². The third-order valence-electron chi connectivity index (χ3n) is 0. The van der Waals surface area contributed by atoms with Crippen LogP contribution in [0, 0.1) is 0 Å². The van der Waals surface area contributed by atoms with E-state index >= 15 is 0 Å². The fourth-order valence-electron chi connectivity index (χ4n) is 0. The monoisotopic (exact) mass is 534 g/mol. The summed E-state index contributed by atoms with van der Waals surface area (Å²) in [6.07, 6.45) is 0. The van der Waals surface area contributed by atoms with Crippen LogP contribution >= 0.6 is 0 Å². The molecule has 0 bridgehead atoms. The zero-order chi connectivity index (χ0) is 0. The summed E-state index contributed by atoms with van der Waals surface area (Å²) in [5.74, 6) is 0. The molecule has 0 aliphatic heterocycles. The average Bonchev–Trinajstić information content (AvgIpc) is 0. The van der Waals surface area contributed by atoms with Crippen LogP contribution in [0.25, 0.3) is 0 Å². The van der Waals surface area contributed by atoms with Gasteiger partial charge >= 0.3 is 0 Å². The van der Waals surface area contributed by atoms with E-state index in [0.29, 0.717) is 0 Å². The molecule has 34 valence electrons. The first-order valence-corrected chi connectivity index (χ1v) is 0. The van der Waals surface area contributed by atoms with Crippen LogP contribution in [-0.4, -0.2) is 0 Å². The Morgan fingerprint density at radius 1 is 0.400 bits per heavy atom. The van der Waals surface area contributed by atoms with Crippen molar-refractivity contribution in [3.8, 4) is 0 Å². The second kappa shape index (κ2) is 0.324. The maximum absolute atomic E-state index is 0. The molecule has 0 heterocycles. The molecule has 0 spiro atoms. The van der Waals surface area contributed by atoms with Gasteiger partial charge < -0.3 is 16.4 Å². The SMILES string of the molecule is [Cm+3].[Cm+3].[O-2].[O-2].[O-2]. The molecule has 0 aromatic heterocycles. The van der Waals surface area contributed by atoms with E-state index in [2.05, 4.69) is 0 Å². The van der Waals surface area contributed by atoms with Gasteiger partial charge in [-0.15, -0.1) is 0 Å². The summed E-state index contributed by atoms with van der Waals surface area (Å²) in [4.78, 5) is 0. The van der Waals surface area contributed by atoms with Gasteiger partial charge in [0, 0.05) is 0 Å². The van der Waals surface area contributed by atoms with Gasteiger partial charge in [0.15, 0.2) is 0 Å². The molecule has 0 aliphatic carbocycles. The summed E-state index contributed by atoms with van der Waals surface area (Å²) in [6, 6.07) is 0. The molecule has 0 amide bonds. The normalized spacial score (nSPS) is 0. The predicted octanol–water partition coefficient (Wildman–Crippen LogP) is -0.356. The Morgan fingerprint density at radius 3 is 0.400 bits per heavy atom. The third-order valence-corrected chi connectivity index (χ3v) is 0. The molecule has 0 saturated heterocycles. The van der Waals surface area contributed by atoms with Gasteiger partial charge in [-0.1, -0.05) is 0 Å². The van der Waals surface area contributed by atoms with Gasteiger partial charge in [-0.25, -0.2) is 0 Å². The molecule has 0 aliphatic rings. The maximum atomic E-state index is 0. The zero-order valence-electron chi connectivity index (χ0n) is 1.93. The summed E-state index contributed by atoms with van der Waals surface area (Å²) in [7, 11) is 0. The van der Waals surface area contributed by atoms with Crippen molar-refractivity contribution >= 4 is 0 Å². The van der Waals surface area contributed by atoms with Crippen LogP contribution in [-0.2, 0) is 16.4 Å². The molecular formula is Cm2O3. The van der Waals surface area contributed by atoms with E-state index in [9.17, 15) is 0 Å². The van der Waals surface area contributed by atoms with Crippen molar-refractivity contribution in [3.63, 3.8) is 0 Å². The summed E-state index contributed by atoms with van der Waals surface area (Å²) >= 11 is 0. The first kappa shape index (κ1) is 2.26. The smallest absolute Gasteiger partial charge is 2.00 e. The van der Waals surface area contributed by atoms with Crippen molar-refractivity contribution in [1.82, 2.24) is 0 Å². The molecule has 0 saturated carbocycles. The number of hydrogen-bond acceptors (Lipinski definition) is 0. The van der Waals surface area contributed by atoms with Gasteiger partial charge in [-0.05, 0) is 0 Å². The topological polar surface area (TPSA) is 85.5 Å². The fourth-order valence-corrected chi connectivity index (χ4v) is 0. The first-order valence-electron chi connectivity index (χ1n) is 0. The fraction of sp³-hybridized carbons (Fsp3) is 0. The minimum absolute atomic E-state index is 0. The Balaban J connectivity index is 0. The number of hydrogen-bond donors (Lipinski definition) is 0. The van der Waals surface area contributed by atoms with Crippen LogP contribution in [0.2, 0.25) is 0 Å². The van der Waals surface area contributed by atoms with E-state index in [-0.39, 0.29) is 16.4 Å². The molecule has 0 atom stereocenters. The van der Waals surface area contributed by atoms with Gasteiger partial charge in [0.25, 0.3) is 0 Å². The Labute approximate surface area is 17.8 Å². The summed E-state index contributed by atoms with van der Waals surface area (Å²) in [5, 5.41) is 0. The first-order chi connectivity index (χ1) is 0. The van der Waals surface area contributed by atoms with E-state index in [1.165, 1.54) is 0 Å². The molecule has 0 aromatic carbocycles. The van der Waals surface area contributed by atoms with Crippen molar-refractivity contribution in [3.05, 3.63) is 0 Å². The third kappa shape index (κ3) is 0.00602. The molecule has 0 N–H and O–H groups in total. The predicted molar refractivity (Wildman–Crippen MR) is 2.06 cm³/mol. The van der Waals surface area contributed by atoms with Crippen LogP contribution in [0.3, 0.4) is 0 Å². The number of rotatable bonds is 0. The van der Waals surface area contributed by atoms with Crippen LogP contribution in [0.4, 0.5) is 0 Å². The molecule has 0 unspecified atom stereocenters. The van der Waals surface area contributed by atoms with Crippen molar-refractivity contribution in [2.45, 2.75) is 0 Å². The van der Waals surface area contributed by atoms with Crippen LogP contribution in [0.5, 0.6) is 0 Å². The summed E-state index contributed by atoms with van der Waals surface area (Å²) in [6.45, 7) is 0. The van der Waals surface area contributed by atoms with Gasteiger partial charge in [0.1, 0.15) is 0 Å². The Hall–Kier alpha value is -2.12. The zero-order valence-corrected chi connectivity index (χ0v) is 7.82. The molecule has 2 radical (unpaired) electrons. The quantitative estimate of drug-likeness (QED) is 0.401. The summed E-state index contributed by atoms with van der Waals surface area (Å²) < 4.78 is 0. The minimum atomic E-state index is 0. The maximum Gasteiger partial charge on any atom is 3.00 e. The Bertz CT molecular complexity index is 4.85. The standard InChI is InChI=1S/2Cm.3O/q2*+3;3*-2. The van der Waals surface area contributed by atoms with E-state index < -0.39 is 0 Å². The van der Waals surface area contributed by atoms with E-state index in [1.54, 1.807) is 0 Å². The Kier molecular flexibility index (Phi) is 0.147. The van der Waals surface area contributed by atoms with Crippen molar-refractivity contribution in [1.29, 1.82) is 0 Å². The van der Waals surface area contributed by atoms with Gasteiger partial charge in [-0.3, -0.25) is 0 Å². The second-order valence-corrected chi connectivity index (χ2v) is 0. The van der Waals surface area contributed by atoms with Crippen LogP contribution in [0.15, 0.2) is 0 Å². The molecule has 3 nitrogen and oxygen atoms in total. The van der Waals surface area contributed by atoms with Crippen LogP contribution < -0.4 is 0 Å². The van der Waals surface area contributed by atoms with E-state index in [4.69, 9.17) is 0 Å². The Morgan fingerprint density at radius 2 is 0.400 bits per heavy atom. The van der Waals surface area contributed by atoms with Gasteiger partial charge in [0.05, 0.1) is 0 Å². The molecule has 5 heteroatoms. The van der Waals surface area contributed by atoms with Crippen molar-refractivity contribution < 1.29 is 16.4 Å². The molecule has 5 heavy (non-hydrogen) atoms.